The van der Waals surface area contributed by atoms with Gasteiger partial charge in [-0.3, -0.25) is 24.2 Å². The van der Waals surface area contributed by atoms with Crippen molar-refractivity contribution in [2.75, 3.05) is 6.54 Å². The van der Waals surface area contributed by atoms with Crippen LogP contribution in [0.1, 0.15) is 56.0 Å². The molecule has 0 saturated carbocycles. The number of hydrogen-bond donors (Lipinski definition) is 3. The minimum absolute atomic E-state index is 0.0326. The van der Waals surface area contributed by atoms with Crippen LogP contribution in [0.5, 0.6) is 0 Å². The first-order valence-electron chi connectivity index (χ1n) is 13.5. The fourth-order valence-corrected chi connectivity index (χ4v) is 4.73. The number of carbonyl (C=O) groups is 2. The summed E-state index contributed by atoms with van der Waals surface area (Å²) < 4.78 is 15.5. The Bertz CT molecular complexity index is 1560. The molecule has 2 aromatic heterocycles. The van der Waals surface area contributed by atoms with E-state index in [1.165, 1.54) is 18.2 Å². The normalized spacial score (nSPS) is 17.0. The second kappa shape index (κ2) is 12.6. The summed E-state index contributed by atoms with van der Waals surface area (Å²) in [5.41, 5.74) is 2.40. The van der Waals surface area contributed by atoms with Crippen molar-refractivity contribution in [1.29, 1.82) is 0 Å². The van der Waals surface area contributed by atoms with Crippen molar-refractivity contribution in [2.45, 2.75) is 57.9 Å². The Morgan fingerprint density at radius 3 is 2.69 bits per heavy atom. The standard InChI is InChI=1S/C28H30ClFN10O2/c1-17-24(25(21-5-4-19(30)14-22(21)29)35-26(34-17)18-7-11-31-12-8-18)27(42)33-15-20-16-40(39-36-20)13-3-10-32-23(41)6-9-28(2)37-38-28/h4-5,7-8,11-12,14,16,25H,3,6,9-10,13,15H2,1-2H3,(H,32,41)(H,33,42)(H,34,35). The van der Waals surface area contributed by atoms with E-state index in [4.69, 9.17) is 16.6 Å². The molecule has 1 atom stereocenters. The number of nitrogens with one attached hydrogen (secondary N) is 3. The molecule has 1 aromatic carbocycles. The summed E-state index contributed by atoms with van der Waals surface area (Å²) in [7, 11) is 0. The number of hydrogen-bond acceptors (Lipinski definition) is 9. The van der Waals surface area contributed by atoms with Crippen molar-refractivity contribution >= 4 is 29.3 Å². The third-order valence-corrected chi connectivity index (χ3v) is 7.19. The van der Waals surface area contributed by atoms with Crippen LogP contribution < -0.4 is 16.0 Å². The van der Waals surface area contributed by atoms with E-state index in [9.17, 15) is 14.0 Å². The molecular formula is C28H30ClFN10O2. The van der Waals surface area contributed by atoms with Crippen LogP contribution in [0.2, 0.25) is 5.02 Å². The first-order valence-corrected chi connectivity index (χ1v) is 13.9. The lowest BCUT2D eigenvalue weighted by Crippen LogP contribution is -2.36. The molecule has 0 saturated heterocycles. The Labute approximate surface area is 246 Å². The number of pyridine rings is 1. The summed E-state index contributed by atoms with van der Waals surface area (Å²) in [5, 5.41) is 25.2. The second-order valence-corrected chi connectivity index (χ2v) is 10.6. The Balaban J connectivity index is 1.19. The molecule has 218 valence electrons. The number of allylic oxidation sites excluding steroid dienone is 1. The Kier molecular flexibility index (Phi) is 8.67. The van der Waals surface area contributed by atoms with E-state index >= 15 is 0 Å². The number of amidine groups is 1. The number of benzene rings is 1. The molecule has 14 heteroatoms. The molecule has 0 bridgehead atoms. The molecule has 0 radical (unpaired) electrons. The maximum absolute atomic E-state index is 13.8. The van der Waals surface area contributed by atoms with Crippen LogP contribution in [-0.2, 0) is 22.7 Å². The molecule has 42 heavy (non-hydrogen) atoms. The van der Waals surface area contributed by atoms with Crippen LogP contribution in [0, 0.1) is 5.82 Å². The van der Waals surface area contributed by atoms with Gasteiger partial charge in [0.1, 0.15) is 23.4 Å². The quantitative estimate of drug-likeness (QED) is 0.273. The molecular weight excluding hydrogens is 563 g/mol. The molecule has 2 aliphatic heterocycles. The van der Waals surface area contributed by atoms with Gasteiger partial charge in [-0.05, 0) is 44.5 Å². The van der Waals surface area contributed by atoms with E-state index < -0.39 is 11.9 Å². The van der Waals surface area contributed by atoms with E-state index in [1.54, 1.807) is 42.3 Å². The highest BCUT2D eigenvalue weighted by Gasteiger charge is 2.34. The van der Waals surface area contributed by atoms with Gasteiger partial charge in [0.15, 0.2) is 5.66 Å². The number of halogens is 2. The van der Waals surface area contributed by atoms with Gasteiger partial charge in [0.2, 0.25) is 5.91 Å². The van der Waals surface area contributed by atoms with Gasteiger partial charge in [0, 0.05) is 60.2 Å². The fraction of sp³-hybridized carbons (Fsp3) is 0.357. The molecule has 2 amide bonds. The zero-order chi connectivity index (χ0) is 29.7. The highest BCUT2D eigenvalue weighted by atomic mass is 35.5. The van der Waals surface area contributed by atoms with Gasteiger partial charge in [-0.1, -0.05) is 22.9 Å². The highest BCUT2D eigenvalue weighted by molar-refractivity contribution is 6.31. The number of nitrogens with zero attached hydrogens (tertiary/aromatic N) is 7. The molecule has 3 N–H and O–H groups in total. The first kappa shape index (κ1) is 29.0. The van der Waals surface area contributed by atoms with Gasteiger partial charge >= 0.3 is 0 Å². The summed E-state index contributed by atoms with van der Waals surface area (Å²) in [4.78, 5) is 34.3. The predicted octanol–water partition coefficient (Wildman–Crippen LogP) is 3.62. The largest absolute Gasteiger partial charge is 0.356 e. The van der Waals surface area contributed by atoms with Crippen LogP contribution in [0.4, 0.5) is 4.39 Å². The van der Waals surface area contributed by atoms with Crippen LogP contribution >= 0.6 is 11.6 Å². The highest BCUT2D eigenvalue weighted by Crippen LogP contribution is 2.36. The van der Waals surface area contributed by atoms with Gasteiger partial charge in [0.25, 0.3) is 5.91 Å². The monoisotopic (exact) mass is 592 g/mol. The number of carbonyl (C=O) groups excluding carboxylic acids is 2. The number of rotatable bonds is 12. The SMILES string of the molecule is CC1=C(C(=O)NCc2cn(CCCNC(=O)CCC3(C)N=N3)nn2)C(c2ccc(F)cc2Cl)N=C(c2ccncc2)N1. The predicted molar refractivity (Wildman–Crippen MR) is 153 cm³/mol. The zero-order valence-corrected chi connectivity index (χ0v) is 23.9. The third-order valence-electron chi connectivity index (χ3n) is 6.87. The van der Waals surface area contributed by atoms with E-state index in [1.807, 2.05) is 6.92 Å². The van der Waals surface area contributed by atoms with Crippen LogP contribution in [0.3, 0.4) is 0 Å². The molecule has 2 aliphatic rings. The van der Waals surface area contributed by atoms with Crippen molar-refractivity contribution in [3.05, 3.63) is 87.9 Å². The summed E-state index contributed by atoms with van der Waals surface area (Å²) in [6.07, 6.45) is 6.70. The van der Waals surface area contributed by atoms with Gasteiger partial charge in [-0.25, -0.2) is 4.39 Å². The molecule has 5 rings (SSSR count). The Hall–Kier alpha value is -4.52. The average molecular weight is 593 g/mol. The zero-order valence-electron chi connectivity index (χ0n) is 23.1. The number of amides is 2. The van der Waals surface area contributed by atoms with E-state index in [2.05, 4.69) is 41.5 Å². The summed E-state index contributed by atoms with van der Waals surface area (Å²) >= 11 is 6.41. The van der Waals surface area contributed by atoms with Crippen LogP contribution in [0.15, 0.2) is 75.4 Å². The van der Waals surface area contributed by atoms with Crippen molar-refractivity contribution < 1.29 is 14.0 Å². The molecule has 1 unspecified atom stereocenters. The Morgan fingerprint density at radius 1 is 1.17 bits per heavy atom. The second-order valence-electron chi connectivity index (χ2n) is 10.2. The van der Waals surface area contributed by atoms with Gasteiger partial charge in [-0.15, -0.1) is 5.10 Å². The molecule has 3 aromatic rings. The van der Waals surface area contributed by atoms with Gasteiger partial charge < -0.3 is 16.0 Å². The number of aryl methyl sites for hydroxylation is 1. The minimum atomic E-state index is -0.774. The van der Waals surface area contributed by atoms with E-state index in [0.29, 0.717) is 60.7 Å². The molecule has 0 spiro atoms. The van der Waals surface area contributed by atoms with Crippen molar-refractivity contribution in [3.63, 3.8) is 0 Å². The first-order chi connectivity index (χ1) is 20.2. The lowest BCUT2D eigenvalue weighted by molar-refractivity contribution is -0.121. The molecule has 0 aliphatic carbocycles. The van der Waals surface area contributed by atoms with E-state index in [-0.39, 0.29) is 29.0 Å². The molecule has 0 fully saturated rings. The lowest BCUT2D eigenvalue weighted by atomic mass is 9.94. The minimum Gasteiger partial charge on any atom is -0.356 e. The van der Waals surface area contributed by atoms with Crippen LogP contribution in [-0.4, -0.2) is 49.8 Å². The molecule has 4 heterocycles. The number of aromatic nitrogens is 4. The van der Waals surface area contributed by atoms with Crippen LogP contribution in [0.25, 0.3) is 0 Å². The van der Waals surface area contributed by atoms with E-state index in [0.717, 1.165) is 5.56 Å². The van der Waals surface area contributed by atoms with Gasteiger partial charge in [-0.2, -0.15) is 10.2 Å². The maximum Gasteiger partial charge on any atom is 0.251 e. The topological polar surface area (TPSA) is 151 Å². The maximum atomic E-state index is 13.8. The van der Waals surface area contributed by atoms with Crippen molar-refractivity contribution in [3.8, 4) is 0 Å². The molecule has 12 nitrogen and oxygen atoms in total. The lowest BCUT2D eigenvalue weighted by Gasteiger charge is -2.27. The summed E-state index contributed by atoms with van der Waals surface area (Å²) in [6, 6.07) is 6.86. The fourth-order valence-electron chi connectivity index (χ4n) is 4.46. The summed E-state index contributed by atoms with van der Waals surface area (Å²) in [5.74, 6) is -0.348. The average Bonchev–Trinajstić information content (AvgIpc) is 3.54. The number of aliphatic imine (C=N–C) groups is 1. The smallest absolute Gasteiger partial charge is 0.251 e. The Morgan fingerprint density at radius 2 is 1.95 bits per heavy atom. The van der Waals surface area contributed by atoms with Crippen molar-refractivity contribution in [2.24, 2.45) is 15.2 Å². The third kappa shape index (κ3) is 7.21. The van der Waals surface area contributed by atoms with Gasteiger partial charge in [0.05, 0.1) is 18.3 Å². The van der Waals surface area contributed by atoms with Crippen molar-refractivity contribution in [1.82, 2.24) is 35.9 Å². The summed E-state index contributed by atoms with van der Waals surface area (Å²) in [6.45, 7) is 4.86.